The van der Waals surface area contributed by atoms with Gasteiger partial charge in [-0.2, -0.15) is 5.10 Å². The quantitative estimate of drug-likeness (QED) is 0.369. The lowest BCUT2D eigenvalue weighted by Gasteiger charge is -2.38. The van der Waals surface area contributed by atoms with Crippen LogP contribution in [0.25, 0.3) is 10.8 Å². The minimum Gasteiger partial charge on any atom is -0.383 e. The molecule has 0 bridgehead atoms. The zero-order chi connectivity index (χ0) is 26.2. The van der Waals surface area contributed by atoms with E-state index in [9.17, 15) is 22.4 Å². The van der Waals surface area contributed by atoms with Crippen LogP contribution >= 0.6 is 11.6 Å². The van der Waals surface area contributed by atoms with Gasteiger partial charge in [0.05, 0.1) is 11.1 Å². The number of aromatic amines is 1. The van der Waals surface area contributed by atoms with Crippen LogP contribution in [-0.4, -0.2) is 46.7 Å². The van der Waals surface area contributed by atoms with Gasteiger partial charge in [-0.1, -0.05) is 24.1 Å². The smallest absolute Gasteiger partial charge is 0.272 e. The lowest BCUT2D eigenvalue weighted by Crippen LogP contribution is -2.43. The number of nitrogens with one attached hydrogen (secondary N) is 2. The van der Waals surface area contributed by atoms with Crippen molar-refractivity contribution in [1.29, 1.82) is 0 Å². The van der Waals surface area contributed by atoms with Crippen LogP contribution in [0, 0.1) is 11.6 Å². The van der Waals surface area contributed by atoms with Gasteiger partial charge >= 0.3 is 0 Å². The maximum Gasteiger partial charge on any atom is 0.272 e. The van der Waals surface area contributed by atoms with Gasteiger partial charge < -0.3 is 10.2 Å². The van der Waals surface area contributed by atoms with Crippen LogP contribution < -0.4 is 10.9 Å². The summed E-state index contributed by atoms with van der Waals surface area (Å²) in [5.74, 6) is -3.74. The average Bonchev–Trinajstić information content (AvgIpc) is 2.87. The number of anilines is 1. The van der Waals surface area contributed by atoms with Crippen LogP contribution in [-0.2, 0) is 0 Å². The molecule has 3 aliphatic rings. The standard InChI is InChI=1S/C16H10ClF2N3O.C11H19F2N/c17-7-1-2-9(12(19)3-7)11-6-20-13-5-8(18)4-10-14(13)15(11)21-22-16(10)23;12-11(13)6-4-10(5-7-11)14-8-2-1-3-9-14/h1-5,11,20H,6H2,(H,22,23);10H,1-9H2. The summed E-state index contributed by atoms with van der Waals surface area (Å²) < 4.78 is 53.8. The molecule has 0 spiro atoms. The van der Waals surface area contributed by atoms with Gasteiger partial charge in [-0.15, -0.1) is 0 Å². The molecule has 1 atom stereocenters. The summed E-state index contributed by atoms with van der Waals surface area (Å²) in [6, 6.07) is 7.35. The number of hydrogen-bond acceptors (Lipinski definition) is 4. The molecule has 2 fully saturated rings. The van der Waals surface area contributed by atoms with Crippen molar-refractivity contribution < 1.29 is 17.6 Å². The molecule has 3 aromatic rings. The maximum absolute atomic E-state index is 14.3. The number of hydrogen-bond donors (Lipinski definition) is 2. The highest BCUT2D eigenvalue weighted by Crippen LogP contribution is 2.38. The Labute approximate surface area is 217 Å². The first-order valence-corrected chi connectivity index (χ1v) is 13.1. The fraction of sp³-hybridized carbons (Fsp3) is 0.481. The third-order valence-corrected chi connectivity index (χ3v) is 7.88. The van der Waals surface area contributed by atoms with E-state index in [1.54, 1.807) is 12.1 Å². The third kappa shape index (κ3) is 5.62. The lowest BCUT2D eigenvalue weighted by atomic mass is 9.88. The number of rotatable bonds is 2. The second-order valence-electron chi connectivity index (χ2n) is 10.1. The van der Waals surface area contributed by atoms with Gasteiger partial charge in [-0.05, 0) is 68.6 Å². The topological polar surface area (TPSA) is 61.0 Å². The van der Waals surface area contributed by atoms with E-state index < -0.39 is 29.0 Å². The molecule has 1 saturated heterocycles. The molecule has 1 aromatic heterocycles. The minimum atomic E-state index is -2.37. The molecule has 6 rings (SSSR count). The number of alkyl halides is 2. The first-order chi connectivity index (χ1) is 17.7. The summed E-state index contributed by atoms with van der Waals surface area (Å²) in [6.45, 7) is 2.61. The first kappa shape index (κ1) is 26.0. The molecular formula is C27H29ClF4N4O. The Morgan fingerprint density at radius 2 is 1.76 bits per heavy atom. The summed E-state index contributed by atoms with van der Waals surface area (Å²) in [4.78, 5) is 14.4. The summed E-state index contributed by atoms with van der Waals surface area (Å²) in [5, 5.41) is 10.5. The van der Waals surface area contributed by atoms with Crippen molar-refractivity contribution in [3.8, 4) is 0 Å². The molecule has 0 amide bonds. The van der Waals surface area contributed by atoms with Crippen LogP contribution in [0.1, 0.15) is 62.1 Å². The van der Waals surface area contributed by atoms with E-state index in [0.717, 1.165) is 19.2 Å². The first-order valence-electron chi connectivity index (χ1n) is 12.7. The Morgan fingerprint density at radius 3 is 2.46 bits per heavy atom. The molecule has 37 heavy (non-hydrogen) atoms. The summed E-state index contributed by atoms with van der Waals surface area (Å²) in [5.41, 5.74) is 0.926. The van der Waals surface area contributed by atoms with E-state index in [-0.39, 0.29) is 18.2 Å². The number of nitrogens with zero attached hydrogens (tertiary/aromatic N) is 2. The van der Waals surface area contributed by atoms with E-state index in [4.69, 9.17) is 11.6 Å². The normalized spacial score (nSPS) is 21.7. The summed E-state index contributed by atoms with van der Waals surface area (Å²) >= 11 is 5.80. The van der Waals surface area contributed by atoms with Crippen LogP contribution in [0.4, 0.5) is 23.2 Å². The van der Waals surface area contributed by atoms with Gasteiger partial charge in [-0.25, -0.2) is 22.7 Å². The number of benzene rings is 2. The van der Waals surface area contributed by atoms with Crippen molar-refractivity contribution in [2.45, 2.75) is 62.8 Å². The highest BCUT2D eigenvalue weighted by atomic mass is 35.5. The average molecular weight is 537 g/mol. The van der Waals surface area contributed by atoms with E-state index in [2.05, 4.69) is 20.4 Å². The Hall–Kier alpha value is -2.65. The number of likely N-dealkylation sites (tertiary alicyclic amines) is 1. The van der Waals surface area contributed by atoms with E-state index in [1.165, 1.54) is 31.4 Å². The molecule has 1 aliphatic carbocycles. The van der Waals surface area contributed by atoms with Gasteiger partial charge in [0.25, 0.3) is 5.56 Å². The Balaban J connectivity index is 0.000000171. The Kier molecular flexibility index (Phi) is 7.45. The van der Waals surface area contributed by atoms with Gasteiger partial charge in [0, 0.05) is 47.4 Å². The zero-order valence-corrected chi connectivity index (χ0v) is 21.1. The number of piperidine rings is 1. The van der Waals surface area contributed by atoms with Gasteiger partial charge in [-0.3, -0.25) is 4.79 Å². The summed E-state index contributed by atoms with van der Waals surface area (Å²) in [6.07, 6.45) is 5.45. The molecule has 1 saturated carbocycles. The van der Waals surface area contributed by atoms with Gasteiger partial charge in [0.2, 0.25) is 5.92 Å². The fourth-order valence-corrected chi connectivity index (χ4v) is 5.86. The van der Waals surface area contributed by atoms with Crippen molar-refractivity contribution in [3.05, 3.63) is 68.6 Å². The van der Waals surface area contributed by atoms with Crippen molar-refractivity contribution in [3.63, 3.8) is 0 Å². The maximum atomic E-state index is 14.3. The van der Waals surface area contributed by atoms with Crippen LogP contribution in [0.3, 0.4) is 0 Å². The largest absolute Gasteiger partial charge is 0.383 e. The molecule has 2 aliphatic heterocycles. The SMILES string of the molecule is FC1(F)CCC(N2CCCCC2)CC1.O=c1[nH]nc2c3c(cc(F)cc13)NCC2c1ccc(Cl)cc1F. The van der Waals surface area contributed by atoms with Crippen molar-refractivity contribution in [2.24, 2.45) is 0 Å². The molecule has 2 N–H and O–H groups in total. The molecule has 2 aromatic carbocycles. The third-order valence-electron chi connectivity index (χ3n) is 7.64. The van der Waals surface area contributed by atoms with Crippen LogP contribution in [0.2, 0.25) is 5.02 Å². The minimum absolute atomic E-state index is 0.105. The van der Waals surface area contributed by atoms with Gasteiger partial charge in [0.15, 0.2) is 0 Å². The van der Waals surface area contributed by atoms with Crippen molar-refractivity contribution >= 4 is 28.1 Å². The molecule has 3 heterocycles. The molecule has 1 unspecified atom stereocenters. The molecule has 0 radical (unpaired) electrons. The summed E-state index contributed by atoms with van der Waals surface area (Å²) in [7, 11) is 0. The van der Waals surface area contributed by atoms with E-state index >= 15 is 0 Å². The number of aromatic nitrogens is 2. The lowest BCUT2D eigenvalue weighted by molar-refractivity contribution is -0.0553. The van der Waals surface area contributed by atoms with E-state index in [0.29, 0.717) is 52.8 Å². The monoisotopic (exact) mass is 536 g/mol. The number of halogens is 5. The van der Waals surface area contributed by atoms with Crippen molar-refractivity contribution in [1.82, 2.24) is 15.1 Å². The highest BCUT2D eigenvalue weighted by molar-refractivity contribution is 6.30. The Bertz CT molecular complexity index is 1330. The molecular weight excluding hydrogens is 508 g/mol. The molecule has 198 valence electrons. The number of H-pyrrole nitrogens is 1. The van der Waals surface area contributed by atoms with Gasteiger partial charge in [0.1, 0.15) is 11.6 Å². The molecule has 5 nitrogen and oxygen atoms in total. The Morgan fingerprint density at radius 1 is 1.03 bits per heavy atom. The predicted molar refractivity (Wildman–Crippen MR) is 137 cm³/mol. The van der Waals surface area contributed by atoms with E-state index in [1.807, 2.05) is 0 Å². The molecule has 10 heteroatoms. The second-order valence-corrected chi connectivity index (χ2v) is 10.5. The zero-order valence-electron chi connectivity index (χ0n) is 20.3. The van der Waals surface area contributed by atoms with Crippen LogP contribution in [0.15, 0.2) is 35.1 Å². The predicted octanol–water partition coefficient (Wildman–Crippen LogP) is 6.46. The van der Waals surface area contributed by atoms with Crippen LogP contribution in [0.5, 0.6) is 0 Å². The fourth-order valence-electron chi connectivity index (χ4n) is 5.70. The highest BCUT2D eigenvalue weighted by Gasteiger charge is 2.37. The second kappa shape index (κ2) is 10.6. The van der Waals surface area contributed by atoms with Crippen molar-refractivity contribution in [2.75, 3.05) is 25.0 Å².